The van der Waals surface area contributed by atoms with E-state index in [9.17, 15) is 4.79 Å². The standard InChI is InChI=1S/C18H30N6O/c1-11-16(12(2)21-20-11)13-7-6-10-24(13)17(25)19-15-9-8-14(22-23-15)18(3,4)5/h8-9,11-13,16,20-21H,6-7,10H2,1-5H3,(H,19,23,25). The molecule has 0 saturated carbocycles. The first kappa shape index (κ1) is 18.1. The van der Waals surface area contributed by atoms with Gasteiger partial charge in [0.1, 0.15) is 0 Å². The highest BCUT2D eigenvalue weighted by molar-refractivity contribution is 5.88. The second-order valence-electron chi connectivity index (χ2n) is 8.33. The van der Waals surface area contributed by atoms with Crippen LogP contribution in [0.15, 0.2) is 12.1 Å². The molecule has 3 rings (SSSR count). The summed E-state index contributed by atoms with van der Waals surface area (Å²) in [6.45, 7) is 11.4. The summed E-state index contributed by atoms with van der Waals surface area (Å²) in [4.78, 5) is 14.7. The first-order valence-corrected chi connectivity index (χ1v) is 9.20. The molecule has 2 amide bonds. The number of nitrogens with one attached hydrogen (secondary N) is 3. The minimum absolute atomic E-state index is 0.0513. The molecule has 2 fully saturated rings. The lowest BCUT2D eigenvalue weighted by atomic mass is 9.87. The number of nitrogens with zero attached hydrogens (tertiary/aromatic N) is 3. The fourth-order valence-corrected chi connectivity index (χ4v) is 3.98. The Bertz CT molecular complexity index is 601. The van der Waals surface area contributed by atoms with Gasteiger partial charge in [0.25, 0.3) is 0 Å². The molecule has 1 aromatic heterocycles. The van der Waals surface area contributed by atoms with Crippen molar-refractivity contribution < 1.29 is 4.79 Å². The van der Waals surface area contributed by atoms with Gasteiger partial charge >= 0.3 is 6.03 Å². The van der Waals surface area contributed by atoms with Gasteiger partial charge in [0.15, 0.2) is 5.82 Å². The summed E-state index contributed by atoms with van der Waals surface area (Å²) in [7, 11) is 0. The van der Waals surface area contributed by atoms with E-state index in [4.69, 9.17) is 0 Å². The largest absolute Gasteiger partial charge is 0.323 e. The zero-order chi connectivity index (χ0) is 18.2. The summed E-state index contributed by atoms with van der Waals surface area (Å²) in [5.41, 5.74) is 7.45. The predicted octanol–water partition coefficient (Wildman–Crippen LogP) is 2.27. The molecule has 3 atom stereocenters. The van der Waals surface area contributed by atoms with Gasteiger partial charge in [-0.15, -0.1) is 5.10 Å². The van der Waals surface area contributed by atoms with Crippen molar-refractivity contribution in [3.63, 3.8) is 0 Å². The third-order valence-corrected chi connectivity index (χ3v) is 5.37. The number of urea groups is 1. The molecule has 138 valence electrons. The van der Waals surface area contributed by atoms with Gasteiger partial charge in [-0.1, -0.05) is 20.8 Å². The number of carbonyl (C=O) groups excluding carboxylic acids is 1. The summed E-state index contributed by atoms with van der Waals surface area (Å²) in [6, 6.07) is 4.62. The van der Waals surface area contributed by atoms with Crippen LogP contribution in [0.25, 0.3) is 0 Å². The van der Waals surface area contributed by atoms with Crippen LogP contribution >= 0.6 is 0 Å². The smallest absolute Gasteiger partial charge is 0.321 e. The van der Waals surface area contributed by atoms with Crippen molar-refractivity contribution in [2.24, 2.45) is 5.92 Å². The number of rotatable bonds is 2. The van der Waals surface area contributed by atoms with Gasteiger partial charge in [0, 0.05) is 36.0 Å². The molecule has 2 aliphatic heterocycles. The molecule has 7 nitrogen and oxygen atoms in total. The summed E-state index contributed by atoms with van der Waals surface area (Å²) >= 11 is 0. The van der Waals surface area contributed by atoms with E-state index >= 15 is 0 Å². The van der Waals surface area contributed by atoms with Gasteiger partial charge < -0.3 is 4.90 Å². The minimum Gasteiger partial charge on any atom is -0.321 e. The SMILES string of the molecule is CC1NNC(C)C1C1CCCN1C(=O)Nc1ccc(C(C)(C)C)nn1. The summed E-state index contributed by atoms with van der Waals surface area (Å²) in [5.74, 6) is 0.912. The number of carbonyl (C=O) groups is 1. The predicted molar refractivity (Wildman–Crippen MR) is 98.2 cm³/mol. The Morgan fingerprint density at radius 3 is 2.44 bits per heavy atom. The van der Waals surface area contributed by atoms with Crippen LogP contribution in [0.5, 0.6) is 0 Å². The maximum atomic E-state index is 12.8. The van der Waals surface area contributed by atoms with Crippen molar-refractivity contribution in [2.45, 2.75) is 71.0 Å². The zero-order valence-electron chi connectivity index (χ0n) is 15.8. The maximum absolute atomic E-state index is 12.8. The Balaban J connectivity index is 1.68. The summed E-state index contributed by atoms with van der Waals surface area (Å²) in [6.07, 6.45) is 2.09. The lowest BCUT2D eigenvalue weighted by Crippen LogP contribution is -2.47. The highest BCUT2D eigenvalue weighted by atomic mass is 16.2. The molecule has 0 bridgehead atoms. The Hall–Kier alpha value is -1.73. The Kier molecular flexibility index (Phi) is 4.97. The molecule has 0 aliphatic carbocycles. The first-order valence-electron chi connectivity index (χ1n) is 9.20. The van der Waals surface area contributed by atoms with E-state index in [0.717, 1.165) is 25.1 Å². The number of hydrazine groups is 1. The fraction of sp³-hybridized carbons (Fsp3) is 0.722. The maximum Gasteiger partial charge on any atom is 0.323 e. The van der Waals surface area contributed by atoms with Gasteiger partial charge in [0.05, 0.1) is 5.69 Å². The van der Waals surface area contributed by atoms with Crippen molar-refractivity contribution in [2.75, 3.05) is 11.9 Å². The molecular weight excluding hydrogens is 316 g/mol. The third-order valence-electron chi connectivity index (χ3n) is 5.37. The molecule has 3 N–H and O–H groups in total. The molecule has 0 aromatic carbocycles. The second-order valence-corrected chi connectivity index (χ2v) is 8.33. The Morgan fingerprint density at radius 2 is 1.88 bits per heavy atom. The average Bonchev–Trinajstić information content (AvgIpc) is 3.13. The van der Waals surface area contributed by atoms with Gasteiger partial charge in [-0.2, -0.15) is 5.10 Å². The Morgan fingerprint density at radius 1 is 1.20 bits per heavy atom. The molecule has 0 spiro atoms. The molecule has 2 aliphatic rings. The Labute approximate surface area is 149 Å². The molecular formula is C18H30N6O. The van der Waals surface area contributed by atoms with Crippen LogP contribution < -0.4 is 16.2 Å². The van der Waals surface area contributed by atoms with Crippen molar-refractivity contribution in [1.82, 2.24) is 25.9 Å². The van der Waals surface area contributed by atoms with E-state index in [1.807, 2.05) is 17.0 Å². The number of hydrogen-bond donors (Lipinski definition) is 3. The van der Waals surface area contributed by atoms with Gasteiger partial charge in [0.2, 0.25) is 0 Å². The number of amides is 2. The van der Waals surface area contributed by atoms with Crippen LogP contribution in [0.3, 0.4) is 0 Å². The third kappa shape index (κ3) is 3.77. The number of hydrogen-bond acceptors (Lipinski definition) is 5. The summed E-state index contributed by atoms with van der Waals surface area (Å²) in [5, 5.41) is 11.3. The van der Waals surface area contributed by atoms with Crippen LogP contribution in [0.1, 0.15) is 53.2 Å². The first-order chi connectivity index (χ1) is 11.8. The molecule has 3 unspecified atom stereocenters. The van der Waals surface area contributed by atoms with Gasteiger partial charge in [-0.3, -0.25) is 16.2 Å². The quantitative estimate of drug-likeness (QED) is 0.765. The van der Waals surface area contributed by atoms with E-state index in [-0.39, 0.29) is 17.5 Å². The highest BCUT2D eigenvalue weighted by Crippen LogP contribution is 2.31. The van der Waals surface area contributed by atoms with Crippen LogP contribution in [-0.4, -0.2) is 45.8 Å². The fourth-order valence-electron chi connectivity index (χ4n) is 3.98. The monoisotopic (exact) mass is 346 g/mol. The highest BCUT2D eigenvalue weighted by Gasteiger charge is 2.42. The van der Waals surface area contributed by atoms with E-state index < -0.39 is 0 Å². The van der Waals surface area contributed by atoms with E-state index in [1.54, 1.807) is 0 Å². The lowest BCUT2D eigenvalue weighted by molar-refractivity contribution is 0.176. The summed E-state index contributed by atoms with van der Waals surface area (Å²) < 4.78 is 0. The van der Waals surface area contributed by atoms with Crippen LogP contribution in [0.2, 0.25) is 0 Å². The second kappa shape index (κ2) is 6.88. The molecule has 7 heteroatoms. The zero-order valence-corrected chi connectivity index (χ0v) is 15.8. The molecule has 1 aromatic rings. The van der Waals surface area contributed by atoms with Crippen LogP contribution in [0.4, 0.5) is 10.6 Å². The van der Waals surface area contributed by atoms with Gasteiger partial charge in [-0.05, 0) is 38.8 Å². The van der Waals surface area contributed by atoms with E-state index in [2.05, 4.69) is 61.0 Å². The molecule has 3 heterocycles. The van der Waals surface area contributed by atoms with Crippen molar-refractivity contribution in [1.29, 1.82) is 0 Å². The number of aromatic nitrogens is 2. The van der Waals surface area contributed by atoms with Crippen molar-refractivity contribution in [3.8, 4) is 0 Å². The molecule has 2 saturated heterocycles. The number of likely N-dealkylation sites (tertiary alicyclic amines) is 1. The van der Waals surface area contributed by atoms with E-state index in [0.29, 0.717) is 23.8 Å². The van der Waals surface area contributed by atoms with E-state index in [1.165, 1.54) is 0 Å². The molecule has 25 heavy (non-hydrogen) atoms. The van der Waals surface area contributed by atoms with Crippen molar-refractivity contribution in [3.05, 3.63) is 17.8 Å². The molecule has 0 radical (unpaired) electrons. The topological polar surface area (TPSA) is 82.2 Å². The van der Waals surface area contributed by atoms with Crippen LogP contribution in [-0.2, 0) is 5.41 Å². The lowest BCUT2D eigenvalue weighted by Gasteiger charge is -2.32. The number of anilines is 1. The van der Waals surface area contributed by atoms with Crippen LogP contribution in [0, 0.1) is 5.92 Å². The van der Waals surface area contributed by atoms with Gasteiger partial charge in [-0.25, -0.2) is 4.79 Å². The van der Waals surface area contributed by atoms with Crippen molar-refractivity contribution >= 4 is 11.8 Å². The minimum atomic E-state index is -0.0772. The average molecular weight is 346 g/mol. The normalized spacial score (nSPS) is 29.9.